The molecule has 4 rings (SSSR count). The highest BCUT2D eigenvalue weighted by Crippen LogP contribution is 2.31. The summed E-state index contributed by atoms with van der Waals surface area (Å²) in [6, 6.07) is 9.86. The highest BCUT2D eigenvalue weighted by molar-refractivity contribution is 7.12. The minimum Gasteiger partial charge on any atom is -0.497 e. The van der Waals surface area contributed by atoms with Crippen molar-refractivity contribution in [2.24, 2.45) is 0 Å². The summed E-state index contributed by atoms with van der Waals surface area (Å²) >= 11 is 1.50. The van der Waals surface area contributed by atoms with Crippen LogP contribution in [0.15, 0.2) is 48.0 Å². The third-order valence-corrected chi connectivity index (χ3v) is 5.32. The van der Waals surface area contributed by atoms with Crippen LogP contribution in [0.3, 0.4) is 0 Å². The molecule has 0 atom stereocenters. The summed E-state index contributed by atoms with van der Waals surface area (Å²) < 4.78 is 5.34. The van der Waals surface area contributed by atoms with Gasteiger partial charge in [-0.3, -0.25) is 4.79 Å². The molecule has 0 spiro atoms. The average molecular weight is 338 g/mol. The highest BCUT2D eigenvalue weighted by atomic mass is 32.1. The molecule has 0 fully saturated rings. The van der Waals surface area contributed by atoms with Crippen molar-refractivity contribution in [3.8, 4) is 5.75 Å². The molecule has 2 aromatic heterocycles. The zero-order chi connectivity index (χ0) is 16.5. The second-order valence-electron chi connectivity index (χ2n) is 5.82. The summed E-state index contributed by atoms with van der Waals surface area (Å²) in [6.45, 7) is 1.40. The molecule has 122 valence electrons. The maximum absolute atomic E-state index is 12.4. The molecule has 5 heteroatoms. The highest BCUT2D eigenvalue weighted by Gasteiger charge is 2.21. The van der Waals surface area contributed by atoms with Gasteiger partial charge in [0, 0.05) is 35.8 Å². The van der Waals surface area contributed by atoms with Gasteiger partial charge in [0.1, 0.15) is 5.75 Å². The molecule has 24 heavy (non-hydrogen) atoms. The standard InChI is InChI=1S/C19H18N2O2S/c1-23-14-4-5-17-15(11-14)16(12-20-17)13-6-8-21(9-7-13)19(22)18-3-2-10-24-18/h2-6,10-12,20H,7-9H2,1H3. The second-order valence-corrected chi connectivity index (χ2v) is 6.77. The van der Waals surface area contributed by atoms with E-state index in [-0.39, 0.29) is 5.91 Å². The monoisotopic (exact) mass is 338 g/mol. The minimum absolute atomic E-state index is 0.126. The number of H-pyrrole nitrogens is 1. The Morgan fingerprint density at radius 3 is 2.96 bits per heavy atom. The maximum atomic E-state index is 12.4. The molecule has 4 nitrogen and oxygen atoms in total. The van der Waals surface area contributed by atoms with Gasteiger partial charge >= 0.3 is 0 Å². The topological polar surface area (TPSA) is 45.3 Å². The Bertz CT molecular complexity index is 909. The van der Waals surface area contributed by atoms with Crippen LogP contribution in [0.2, 0.25) is 0 Å². The van der Waals surface area contributed by atoms with Gasteiger partial charge in [0.25, 0.3) is 5.91 Å². The van der Waals surface area contributed by atoms with Crippen molar-refractivity contribution in [2.45, 2.75) is 6.42 Å². The zero-order valence-corrected chi connectivity index (χ0v) is 14.2. The van der Waals surface area contributed by atoms with Gasteiger partial charge in [0.15, 0.2) is 0 Å². The quantitative estimate of drug-likeness (QED) is 0.779. The number of fused-ring (bicyclic) bond motifs is 1. The van der Waals surface area contributed by atoms with Gasteiger partial charge in [-0.15, -0.1) is 11.3 Å². The lowest BCUT2D eigenvalue weighted by molar-refractivity contribution is 0.0777. The molecule has 0 radical (unpaired) electrons. The van der Waals surface area contributed by atoms with Crippen LogP contribution < -0.4 is 4.74 Å². The smallest absolute Gasteiger partial charge is 0.264 e. The number of nitrogens with zero attached hydrogens (tertiary/aromatic N) is 1. The lowest BCUT2D eigenvalue weighted by Crippen LogP contribution is -2.34. The predicted octanol–water partition coefficient (Wildman–Crippen LogP) is 4.17. The number of carbonyl (C=O) groups is 1. The van der Waals surface area contributed by atoms with Crippen LogP contribution in [-0.2, 0) is 0 Å². The molecule has 1 aromatic carbocycles. The first-order valence-electron chi connectivity index (χ1n) is 7.93. The van der Waals surface area contributed by atoms with Crippen molar-refractivity contribution < 1.29 is 9.53 Å². The van der Waals surface area contributed by atoms with Crippen LogP contribution >= 0.6 is 11.3 Å². The van der Waals surface area contributed by atoms with E-state index in [1.54, 1.807) is 7.11 Å². The Labute approximate surface area is 144 Å². The third kappa shape index (κ3) is 2.61. The first-order chi connectivity index (χ1) is 11.8. The maximum Gasteiger partial charge on any atom is 0.264 e. The molecular weight excluding hydrogens is 320 g/mol. The van der Waals surface area contributed by atoms with Gasteiger partial charge < -0.3 is 14.6 Å². The van der Waals surface area contributed by atoms with Crippen LogP contribution in [-0.4, -0.2) is 36.0 Å². The number of nitrogens with one attached hydrogen (secondary N) is 1. The van der Waals surface area contributed by atoms with Crippen molar-refractivity contribution in [2.75, 3.05) is 20.2 Å². The number of benzene rings is 1. The summed E-state index contributed by atoms with van der Waals surface area (Å²) in [7, 11) is 1.68. The number of hydrogen-bond acceptors (Lipinski definition) is 3. The first-order valence-corrected chi connectivity index (χ1v) is 8.81. The fraction of sp³-hybridized carbons (Fsp3) is 0.211. The van der Waals surface area contributed by atoms with Crippen molar-refractivity contribution in [1.29, 1.82) is 0 Å². The molecule has 0 saturated heterocycles. The minimum atomic E-state index is 0.126. The Kier molecular flexibility index (Phi) is 3.86. The van der Waals surface area contributed by atoms with Crippen molar-refractivity contribution >= 4 is 33.7 Å². The Hall–Kier alpha value is -2.53. The molecule has 3 aromatic rings. The van der Waals surface area contributed by atoms with Gasteiger partial charge in [-0.25, -0.2) is 0 Å². The fourth-order valence-electron chi connectivity index (χ4n) is 3.15. The van der Waals surface area contributed by atoms with Crippen LogP contribution in [0, 0.1) is 0 Å². The summed E-state index contributed by atoms with van der Waals surface area (Å²) in [6.07, 6.45) is 5.07. The summed E-state index contributed by atoms with van der Waals surface area (Å²) in [5, 5.41) is 3.11. The van der Waals surface area contributed by atoms with Gasteiger partial charge in [-0.2, -0.15) is 0 Å². The molecule has 1 amide bonds. The SMILES string of the molecule is COc1ccc2[nH]cc(C3=CCN(C(=O)c4cccs4)CC3)c2c1. The van der Waals surface area contributed by atoms with Gasteiger partial charge in [0.2, 0.25) is 0 Å². The van der Waals surface area contributed by atoms with Crippen LogP contribution in [0.4, 0.5) is 0 Å². The second kappa shape index (κ2) is 6.17. The van der Waals surface area contributed by atoms with E-state index < -0.39 is 0 Å². The molecule has 0 bridgehead atoms. The van der Waals surface area contributed by atoms with Crippen LogP contribution in [0.1, 0.15) is 21.7 Å². The Morgan fingerprint density at radius 2 is 2.25 bits per heavy atom. The van der Waals surface area contributed by atoms with E-state index >= 15 is 0 Å². The number of methoxy groups -OCH3 is 1. The number of ether oxygens (including phenoxy) is 1. The molecule has 1 N–H and O–H groups in total. The first kappa shape index (κ1) is 15.0. The normalized spacial score (nSPS) is 14.7. The van der Waals surface area contributed by atoms with Gasteiger partial charge in [-0.1, -0.05) is 12.1 Å². The van der Waals surface area contributed by atoms with Crippen molar-refractivity contribution in [3.63, 3.8) is 0 Å². The number of aromatic amines is 1. The van der Waals surface area contributed by atoms with Gasteiger partial charge in [-0.05, 0) is 41.6 Å². The third-order valence-electron chi connectivity index (χ3n) is 4.46. The van der Waals surface area contributed by atoms with E-state index in [4.69, 9.17) is 4.74 Å². The largest absolute Gasteiger partial charge is 0.497 e. The number of carbonyl (C=O) groups excluding carboxylic acids is 1. The van der Waals surface area contributed by atoms with E-state index in [1.165, 1.54) is 27.9 Å². The molecule has 0 aliphatic carbocycles. The Morgan fingerprint density at radius 1 is 1.33 bits per heavy atom. The van der Waals surface area contributed by atoms with E-state index in [9.17, 15) is 4.79 Å². The molecule has 0 unspecified atom stereocenters. The van der Waals surface area contributed by atoms with E-state index in [2.05, 4.69) is 17.1 Å². The van der Waals surface area contributed by atoms with E-state index in [1.807, 2.05) is 40.7 Å². The number of thiophene rings is 1. The predicted molar refractivity (Wildman–Crippen MR) is 97.7 cm³/mol. The van der Waals surface area contributed by atoms with Crippen LogP contribution in [0.25, 0.3) is 16.5 Å². The average Bonchev–Trinajstić information content (AvgIpc) is 3.30. The molecular formula is C19H18N2O2S. The van der Waals surface area contributed by atoms with E-state index in [0.29, 0.717) is 6.54 Å². The van der Waals surface area contributed by atoms with Crippen molar-refractivity contribution in [1.82, 2.24) is 9.88 Å². The zero-order valence-electron chi connectivity index (χ0n) is 13.4. The van der Waals surface area contributed by atoms with Crippen molar-refractivity contribution in [3.05, 3.63) is 58.4 Å². The lowest BCUT2D eigenvalue weighted by Gasteiger charge is -2.26. The van der Waals surface area contributed by atoms with Gasteiger partial charge in [0.05, 0.1) is 12.0 Å². The lowest BCUT2D eigenvalue weighted by atomic mass is 9.98. The summed E-state index contributed by atoms with van der Waals surface area (Å²) in [5.74, 6) is 0.982. The number of hydrogen-bond donors (Lipinski definition) is 1. The van der Waals surface area contributed by atoms with E-state index in [0.717, 1.165) is 29.1 Å². The summed E-state index contributed by atoms with van der Waals surface area (Å²) in [5.41, 5.74) is 3.58. The number of rotatable bonds is 3. The molecule has 1 aliphatic rings. The summed E-state index contributed by atoms with van der Waals surface area (Å²) in [4.78, 5) is 18.5. The number of amides is 1. The Balaban J connectivity index is 1.59. The fourth-order valence-corrected chi connectivity index (χ4v) is 3.84. The molecule has 3 heterocycles. The van der Waals surface area contributed by atoms with Crippen LogP contribution in [0.5, 0.6) is 5.75 Å². The molecule has 1 aliphatic heterocycles. The number of aromatic nitrogens is 1. The molecule has 0 saturated carbocycles.